The molecule has 0 aliphatic carbocycles. The van der Waals surface area contributed by atoms with Crippen molar-refractivity contribution in [2.45, 2.75) is 0 Å². The molecule has 0 aliphatic heterocycles. The van der Waals surface area contributed by atoms with Crippen molar-refractivity contribution < 1.29 is 4.52 Å². The lowest BCUT2D eigenvalue weighted by Crippen LogP contribution is -1.86. The van der Waals surface area contributed by atoms with E-state index in [-0.39, 0.29) is 0 Å². The first-order valence-corrected chi connectivity index (χ1v) is 4.76. The second-order valence-electron chi connectivity index (χ2n) is 2.28. The highest BCUT2D eigenvalue weighted by atomic mass is 35.5. The number of nitrogens with one attached hydrogen (secondary N) is 1. The number of halogens is 1. The molecule has 0 spiro atoms. The van der Waals surface area contributed by atoms with Crippen LogP contribution in [-0.4, -0.2) is 17.2 Å². The maximum Gasteiger partial charge on any atom is 0.321 e. The monoisotopic (exact) mass is 215 g/mol. The first kappa shape index (κ1) is 8.52. The van der Waals surface area contributed by atoms with Gasteiger partial charge in [0.25, 0.3) is 0 Å². The molecule has 2 aromatic heterocycles. The summed E-state index contributed by atoms with van der Waals surface area (Å²) in [6.07, 6.45) is 0. The molecule has 0 unspecified atom stereocenters. The Morgan fingerprint density at radius 3 is 2.92 bits per heavy atom. The maximum absolute atomic E-state index is 5.77. The van der Waals surface area contributed by atoms with E-state index in [1.165, 1.54) is 11.3 Å². The second-order valence-corrected chi connectivity index (χ2v) is 3.99. The molecule has 1 N–H and O–H groups in total. The molecule has 6 heteroatoms. The van der Waals surface area contributed by atoms with E-state index in [1.807, 2.05) is 6.07 Å². The van der Waals surface area contributed by atoms with Gasteiger partial charge < -0.3 is 9.84 Å². The molecule has 0 aliphatic rings. The molecule has 2 rings (SSSR count). The molecular formula is C7H6ClN3OS. The van der Waals surface area contributed by atoms with Gasteiger partial charge in [0, 0.05) is 7.05 Å². The van der Waals surface area contributed by atoms with E-state index in [9.17, 15) is 0 Å². The second kappa shape index (κ2) is 3.35. The molecule has 4 nitrogen and oxygen atoms in total. The Labute approximate surface area is 83.5 Å². The average Bonchev–Trinajstić information content (AvgIpc) is 2.71. The number of thiophene rings is 1. The van der Waals surface area contributed by atoms with Gasteiger partial charge in [0.05, 0.1) is 9.21 Å². The first-order chi connectivity index (χ1) is 6.29. The van der Waals surface area contributed by atoms with Gasteiger partial charge in [-0.1, -0.05) is 16.8 Å². The lowest BCUT2D eigenvalue weighted by atomic mass is 10.4. The summed E-state index contributed by atoms with van der Waals surface area (Å²) in [5.41, 5.74) is 0. The Kier molecular flexibility index (Phi) is 2.20. The van der Waals surface area contributed by atoms with Crippen molar-refractivity contribution in [3.63, 3.8) is 0 Å². The molecule has 0 fully saturated rings. The van der Waals surface area contributed by atoms with Crippen molar-refractivity contribution >= 4 is 29.0 Å². The number of hydrogen-bond acceptors (Lipinski definition) is 5. The lowest BCUT2D eigenvalue weighted by Gasteiger charge is -1.83. The molecule has 68 valence electrons. The van der Waals surface area contributed by atoms with E-state index in [0.29, 0.717) is 16.2 Å². The van der Waals surface area contributed by atoms with Gasteiger partial charge in [-0.25, -0.2) is 0 Å². The van der Waals surface area contributed by atoms with Crippen LogP contribution in [0.15, 0.2) is 16.7 Å². The van der Waals surface area contributed by atoms with Crippen molar-refractivity contribution in [2.75, 3.05) is 12.4 Å². The molecule has 0 amide bonds. The van der Waals surface area contributed by atoms with Crippen molar-refractivity contribution in [3.05, 3.63) is 16.5 Å². The minimum absolute atomic E-state index is 0.402. The molecule has 0 aromatic carbocycles. The minimum Gasteiger partial charge on any atom is -0.341 e. The summed E-state index contributed by atoms with van der Waals surface area (Å²) in [7, 11) is 1.72. The minimum atomic E-state index is 0.402. The number of nitrogens with zero attached hydrogens (tertiary/aromatic N) is 2. The fourth-order valence-corrected chi connectivity index (χ4v) is 1.83. The van der Waals surface area contributed by atoms with Crippen LogP contribution in [0.1, 0.15) is 0 Å². The molecule has 0 saturated carbocycles. The third kappa shape index (κ3) is 1.66. The Bertz CT molecular complexity index is 411. The summed E-state index contributed by atoms with van der Waals surface area (Å²) in [5.74, 6) is 0.557. The predicted octanol–water partition coefficient (Wildman–Crippen LogP) is 2.49. The first-order valence-electron chi connectivity index (χ1n) is 3.57. The fraction of sp³-hybridized carbons (Fsp3) is 0.143. The fourth-order valence-electron chi connectivity index (χ4n) is 0.860. The molecular weight excluding hydrogens is 210 g/mol. The zero-order valence-electron chi connectivity index (χ0n) is 6.74. The van der Waals surface area contributed by atoms with Crippen LogP contribution in [0, 0.1) is 0 Å². The van der Waals surface area contributed by atoms with Crippen molar-refractivity contribution in [3.8, 4) is 10.7 Å². The van der Waals surface area contributed by atoms with E-state index in [0.717, 1.165) is 4.88 Å². The largest absolute Gasteiger partial charge is 0.341 e. The molecule has 13 heavy (non-hydrogen) atoms. The normalized spacial score (nSPS) is 10.3. The van der Waals surface area contributed by atoms with Crippen LogP contribution in [-0.2, 0) is 0 Å². The molecule has 0 saturated heterocycles. The van der Waals surface area contributed by atoms with E-state index >= 15 is 0 Å². The molecule has 2 aromatic rings. The molecule has 0 radical (unpaired) electrons. The third-order valence-corrected chi connectivity index (χ3v) is 2.66. The van der Waals surface area contributed by atoms with Crippen LogP contribution in [0.3, 0.4) is 0 Å². The zero-order valence-corrected chi connectivity index (χ0v) is 8.32. The van der Waals surface area contributed by atoms with Crippen molar-refractivity contribution in [1.29, 1.82) is 0 Å². The summed E-state index contributed by atoms with van der Waals surface area (Å²) in [6, 6.07) is 4.06. The van der Waals surface area contributed by atoms with Gasteiger partial charge in [-0.2, -0.15) is 4.98 Å². The number of anilines is 1. The van der Waals surface area contributed by atoms with Gasteiger partial charge in [-0.05, 0) is 12.1 Å². The van der Waals surface area contributed by atoms with Gasteiger partial charge in [0.1, 0.15) is 0 Å². The van der Waals surface area contributed by atoms with Gasteiger partial charge in [-0.3, -0.25) is 0 Å². The van der Waals surface area contributed by atoms with Crippen LogP contribution in [0.5, 0.6) is 0 Å². The number of aromatic nitrogens is 2. The highest BCUT2D eigenvalue weighted by Crippen LogP contribution is 2.29. The number of rotatable bonds is 2. The van der Waals surface area contributed by atoms with Crippen LogP contribution in [0.25, 0.3) is 10.7 Å². The zero-order chi connectivity index (χ0) is 9.26. The summed E-state index contributed by atoms with van der Waals surface area (Å²) in [6.45, 7) is 0. The summed E-state index contributed by atoms with van der Waals surface area (Å²) < 4.78 is 5.58. The van der Waals surface area contributed by atoms with Crippen molar-refractivity contribution in [1.82, 2.24) is 10.1 Å². The summed E-state index contributed by atoms with van der Waals surface area (Å²) in [4.78, 5) is 4.97. The average molecular weight is 216 g/mol. The van der Waals surface area contributed by atoms with Crippen LogP contribution < -0.4 is 5.32 Å². The van der Waals surface area contributed by atoms with Gasteiger partial charge in [0.15, 0.2) is 0 Å². The maximum atomic E-state index is 5.77. The highest BCUT2D eigenvalue weighted by molar-refractivity contribution is 7.19. The smallest absolute Gasteiger partial charge is 0.321 e. The third-order valence-electron chi connectivity index (χ3n) is 1.43. The Hall–Kier alpha value is -1.07. The summed E-state index contributed by atoms with van der Waals surface area (Å²) >= 11 is 7.19. The highest BCUT2D eigenvalue weighted by Gasteiger charge is 2.08. The standard InChI is InChI=1S/C7H6ClN3OS/c1-9-7-10-6(11-12-7)4-2-3-5(8)13-4/h2-3H,1H3,(H,9,10,11). The topological polar surface area (TPSA) is 51.0 Å². The van der Waals surface area contributed by atoms with Crippen LogP contribution in [0.2, 0.25) is 4.34 Å². The van der Waals surface area contributed by atoms with E-state index in [4.69, 9.17) is 16.1 Å². The van der Waals surface area contributed by atoms with E-state index in [2.05, 4.69) is 15.5 Å². The van der Waals surface area contributed by atoms with Gasteiger partial charge >= 0.3 is 6.01 Å². The molecule has 0 atom stereocenters. The summed E-state index contributed by atoms with van der Waals surface area (Å²) in [5, 5.41) is 6.53. The van der Waals surface area contributed by atoms with E-state index < -0.39 is 0 Å². The van der Waals surface area contributed by atoms with Gasteiger partial charge in [-0.15, -0.1) is 11.3 Å². The van der Waals surface area contributed by atoms with E-state index in [1.54, 1.807) is 13.1 Å². The van der Waals surface area contributed by atoms with Crippen LogP contribution >= 0.6 is 22.9 Å². The molecule has 0 bridgehead atoms. The Balaban J connectivity index is 2.35. The van der Waals surface area contributed by atoms with Gasteiger partial charge in [0.2, 0.25) is 5.82 Å². The Morgan fingerprint density at radius 1 is 1.54 bits per heavy atom. The SMILES string of the molecule is CNc1nc(-c2ccc(Cl)s2)no1. The van der Waals surface area contributed by atoms with Crippen molar-refractivity contribution in [2.24, 2.45) is 0 Å². The predicted molar refractivity (Wildman–Crippen MR) is 52.2 cm³/mol. The molecule has 2 heterocycles. The quantitative estimate of drug-likeness (QED) is 0.836. The Morgan fingerprint density at radius 2 is 2.38 bits per heavy atom. The lowest BCUT2D eigenvalue weighted by molar-refractivity contribution is 0.434. The van der Waals surface area contributed by atoms with Crippen LogP contribution in [0.4, 0.5) is 6.01 Å². The number of hydrogen-bond donors (Lipinski definition) is 1.